The number of aliphatic hydroxyl groups excluding tert-OH is 1. The first-order valence-corrected chi connectivity index (χ1v) is 7.02. The van der Waals surface area contributed by atoms with E-state index < -0.39 is 0 Å². The van der Waals surface area contributed by atoms with Crippen LogP contribution in [0.25, 0.3) is 0 Å². The molecule has 2 atom stereocenters. The second-order valence-electron chi connectivity index (χ2n) is 4.68. The predicted octanol–water partition coefficient (Wildman–Crippen LogP) is 1.84. The number of hydrogen-bond donors (Lipinski definition) is 2. The van der Waals surface area contributed by atoms with Gasteiger partial charge in [-0.2, -0.15) is 0 Å². The van der Waals surface area contributed by atoms with Crippen molar-refractivity contribution in [3.8, 4) is 5.75 Å². The van der Waals surface area contributed by atoms with Crippen LogP contribution in [0.3, 0.4) is 0 Å². The number of carbonyl (C=O) groups is 1. The van der Waals surface area contributed by atoms with Gasteiger partial charge in [0.25, 0.3) is 5.91 Å². The molecule has 2 rings (SSSR count). The van der Waals surface area contributed by atoms with Gasteiger partial charge in [0.2, 0.25) is 0 Å². The van der Waals surface area contributed by atoms with Crippen LogP contribution in [0.1, 0.15) is 23.7 Å². The van der Waals surface area contributed by atoms with Crippen LogP contribution in [0.2, 0.25) is 0 Å². The Bertz CT molecular complexity index is 464. The molecule has 18 heavy (non-hydrogen) atoms. The van der Waals surface area contributed by atoms with Gasteiger partial charge in [0.05, 0.1) is 16.2 Å². The summed E-state index contributed by atoms with van der Waals surface area (Å²) < 4.78 is 0.720. The van der Waals surface area contributed by atoms with Crippen molar-refractivity contribution >= 4 is 28.5 Å². The first-order valence-electron chi connectivity index (χ1n) is 5.95. The zero-order valence-corrected chi connectivity index (χ0v) is 12.3. The Hall–Kier alpha value is -0.820. The third-order valence-electron chi connectivity index (χ3n) is 3.52. The van der Waals surface area contributed by atoms with Crippen LogP contribution >= 0.6 is 22.6 Å². The van der Waals surface area contributed by atoms with Crippen LogP contribution in [0.5, 0.6) is 5.75 Å². The zero-order valence-electron chi connectivity index (χ0n) is 10.1. The Morgan fingerprint density at radius 3 is 2.89 bits per heavy atom. The monoisotopic (exact) mass is 361 g/mol. The van der Waals surface area contributed by atoms with E-state index in [4.69, 9.17) is 0 Å². The first-order chi connectivity index (χ1) is 8.54. The molecule has 0 spiro atoms. The Kier molecular flexibility index (Phi) is 4.11. The predicted molar refractivity (Wildman–Crippen MR) is 76.5 cm³/mol. The molecule has 0 bridgehead atoms. The van der Waals surface area contributed by atoms with Gasteiger partial charge in [-0.15, -0.1) is 0 Å². The molecule has 0 saturated carbocycles. The minimum absolute atomic E-state index is 0.0107. The van der Waals surface area contributed by atoms with Crippen molar-refractivity contribution in [3.63, 3.8) is 0 Å². The molecule has 5 heteroatoms. The standard InChI is InChI=1S/C13H16INO3/c1-8-4-5-15(11(8)7-16)13(18)9-2-3-10(14)12(17)6-9/h2-3,6,8,11,16-17H,4-5,7H2,1H3. The molecule has 4 nitrogen and oxygen atoms in total. The highest BCUT2D eigenvalue weighted by molar-refractivity contribution is 14.1. The highest BCUT2D eigenvalue weighted by Gasteiger charge is 2.34. The van der Waals surface area contributed by atoms with E-state index in [1.54, 1.807) is 17.0 Å². The van der Waals surface area contributed by atoms with Crippen LogP contribution in [-0.4, -0.2) is 40.2 Å². The summed E-state index contributed by atoms with van der Waals surface area (Å²) in [5.41, 5.74) is 0.473. The highest BCUT2D eigenvalue weighted by Crippen LogP contribution is 2.27. The second-order valence-corrected chi connectivity index (χ2v) is 5.84. The fourth-order valence-corrected chi connectivity index (χ4v) is 2.69. The third kappa shape index (κ3) is 2.47. The molecule has 0 aromatic heterocycles. The number of aliphatic hydroxyl groups is 1. The summed E-state index contributed by atoms with van der Waals surface area (Å²) in [6.45, 7) is 2.70. The summed E-state index contributed by atoms with van der Waals surface area (Å²) in [7, 11) is 0. The Balaban J connectivity index is 2.23. The van der Waals surface area contributed by atoms with E-state index in [1.807, 2.05) is 29.5 Å². The quantitative estimate of drug-likeness (QED) is 0.791. The molecule has 98 valence electrons. The number of hydrogen-bond acceptors (Lipinski definition) is 3. The van der Waals surface area contributed by atoms with Gasteiger partial charge in [-0.1, -0.05) is 6.92 Å². The maximum Gasteiger partial charge on any atom is 0.254 e. The van der Waals surface area contributed by atoms with Crippen LogP contribution in [0.4, 0.5) is 0 Å². The van der Waals surface area contributed by atoms with Crippen molar-refractivity contribution in [2.24, 2.45) is 5.92 Å². The van der Waals surface area contributed by atoms with E-state index in [0.29, 0.717) is 18.0 Å². The van der Waals surface area contributed by atoms with Gasteiger partial charge in [-0.05, 0) is 53.1 Å². The van der Waals surface area contributed by atoms with Crippen molar-refractivity contribution in [1.29, 1.82) is 0 Å². The van der Waals surface area contributed by atoms with Crippen LogP contribution in [0, 0.1) is 9.49 Å². The molecule has 1 aliphatic rings. The Labute approximate surface area is 120 Å². The molecule has 1 aromatic rings. The summed E-state index contributed by atoms with van der Waals surface area (Å²) >= 11 is 2.01. The van der Waals surface area contributed by atoms with E-state index in [1.165, 1.54) is 6.07 Å². The number of amides is 1. The fourth-order valence-electron chi connectivity index (χ4n) is 2.35. The van der Waals surface area contributed by atoms with E-state index in [0.717, 1.165) is 9.99 Å². The van der Waals surface area contributed by atoms with E-state index in [9.17, 15) is 15.0 Å². The lowest BCUT2D eigenvalue weighted by molar-refractivity contribution is 0.0648. The summed E-state index contributed by atoms with van der Waals surface area (Å²) in [6.07, 6.45) is 0.910. The molecular formula is C13H16INO3. The van der Waals surface area contributed by atoms with Gasteiger partial charge in [0.15, 0.2) is 0 Å². The average Bonchev–Trinajstić information content (AvgIpc) is 2.73. The van der Waals surface area contributed by atoms with Crippen molar-refractivity contribution in [2.45, 2.75) is 19.4 Å². The molecule has 2 N–H and O–H groups in total. The number of phenolic OH excluding ortho intramolecular Hbond substituents is 1. The summed E-state index contributed by atoms with van der Waals surface area (Å²) in [5.74, 6) is 0.315. The van der Waals surface area contributed by atoms with Gasteiger partial charge < -0.3 is 15.1 Å². The van der Waals surface area contributed by atoms with Crippen molar-refractivity contribution in [3.05, 3.63) is 27.3 Å². The molecule has 2 unspecified atom stereocenters. The minimum Gasteiger partial charge on any atom is -0.507 e. The number of rotatable bonds is 2. The summed E-state index contributed by atoms with van der Waals surface area (Å²) in [4.78, 5) is 14.0. The van der Waals surface area contributed by atoms with Gasteiger partial charge >= 0.3 is 0 Å². The van der Waals surface area contributed by atoms with Crippen LogP contribution in [-0.2, 0) is 0 Å². The van der Waals surface area contributed by atoms with Crippen molar-refractivity contribution in [1.82, 2.24) is 4.90 Å². The lowest BCUT2D eigenvalue weighted by Crippen LogP contribution is -2.39. The average molecular weight is 361 g/mol. The highest BCUT2D eigenvalue weighted by atomic mass is 127. The van der Waals surface area contributed by atoms with Crippen molar-refractivity contribution < 1.29 is 15.0 Å². The molecule has 0 aliphatic carbocycles. The number of phenols is 1. The third-order valence-corrected chi connectivity index (χ3v) is 4.44. The largest absolute Gasteiger partial charge is 0.507 e. The maximum atomic E-state index is 12.3. The fraction of sp³-hybridized carbons (Fsp3) is 0.462. The van der Waals surface area contributed by atoms with Gasteiger partial charge in [-0.3, -0.25) is 4.79 Å². The van der Waals surface area contributed by atoms with E-state index in [2.05, 4.69) is 0 Å². The number of halogens is 1. The number of aromatic hydroxyl groups is 1. The number of benzene rings is 1. The smallest absolute Gasteiger partial charge is 0.254 e. The molecular weight excluding hydrogens is 345 g/mol. The maximum absolute atomic E-state index is 12.3. The normalized spacial score (nSPS) is 23.4. The van der Waals surface area contributed by atoms with Gasteiger partial charge in [0.1, 0.15) is 5.75 Å². The lowest BCUT2D eigenvalue weighted by Gasteiger charge is -2.25. The van der Waals surface area contributed by atoms with Crippen LogP contribution < -0.4 is 0 Å². The Morgan fingerprint density at radius 1 is 1.56 bits per heavy atom. The molecule has 1 heterocycles. The lowest BCUT2D eigenvalue weighted by atomic mass is 10.0. The minimum atomic E-state index is -0.120. The van der Waals surface area contributed by atoms with Gasteiger partial charge in [-0.25, -0.2) is 0 Å². The van der Waals surface area contributed by atoms with Gasteiger partial charge in [0, 0.05) is 12.1 Å². The second kappa shape index (κ2) is 5.44. The van der Waals surface area contributed by atoms with Crippen LogP contribution in [0.15, 0.2) is 18.2 Å². The Morgan fingerprint density at radius 2 is 2.28 bits per heavy atom. The molecule has 1 amide bonds. The molecule has 1 aromatic carbocycles. The SMILES string of the molecule is CC1CCN(C(=O)c2ccc(I)c(O)c2)C1CO. The first kappa shape index (κ1) is 13.6. The number of likely N-dealkylation sites (tertiary alicyclic amines) is 1. The van der Waals surface area contributed by atoms with E-state index in [-0.39, 0.29) is 24.3 Å². The molecule has 1 aliphatic heterocycles. The number of carbonyl (C=O) groups excluding carboxylic acids is 1. The molecule has 1 fully saturated rings. The zero-order chi connectivity index (χ0) is 13.3. The topological polar surface area (TPSA) is 60.8 Å². The summed E-state index contributed by atoms with van der Waals surface area (Å²) in [5, 5.41) is 19.0. The molecule has 1 saturated heterocycles. The van der Waals surface area contributed by atoms with Crippen molar-refractivity contribution in [2.75, 3.05) is 13.2 Å². The number of nitrogens with zero attached hydrogens (tertiary/aromatic N) is 1. The van der Waals surface area contributed by atoms with E-state index >= 15 is 0 Å². The summed E-state index contributed by atoms with van der Waals surface area (Å²) in [6, 6.07) is 4.80. The molecule has 0 radical (unpaired) electrons.